The molecular weight excluding hydrogens is 331 g/mol. The number of methoxy groups -OCH3 is 1. The maximum atomic E-state index is 11.0. The van der Waals surface area contributed by atoms with Crippen molar-refractivity contribution in [2.45, 2.75) is 94.7 Å². The van der Waals surface area contributed by atoms with E-state index in [1.165, 1.54) is 26.4 Å². The van der Waals surface area contributed by atoms with Crippen molar-refractivity contribution in [3.05, 3.63) is 12.2 Å². The SMILES string of the molecule is CCCCC/C=C\C[C@@H](Cl)[C@H](Cl)CCCCCCCC(=O)OC. The summed E-state index contributed by atoms with van der Waals surface area (Å²) in [6, 6.07) is 0. The molecule has 0 heterocycles. The van der Waals surface area contributed by atoms with Gasteiger partial charge in [-0.3, -0.25) is 4.79 Å². The fourth-order valence-corrected chi connectivity index (χ4v) is 2.91. The van der Waals surface area contributed by atoms with Gasteiger partial charge in [-0.25, -0.2) is 0 Å². The first-order chi connectivity index (χ1) is 11.1. The summed E-state index contributed by atoms with van der Waals surface area (Å²) in [6.45, 7) is 2.22. The highest BCUT2D eigenvalue weighted by Crippen LogP contribution is 2.21. The molecule has 0 spiro atoms. The Balaban J connectivity index is 3.50. The Morgan fingerprint density at radius 3 is 2.35 bits per heavy atom. The first-order valence-corrected chi connectivity index (χ1v) is 9.99. The van der Waals surface area contributed by atoms with Crippen molar-refractivity contribution in [1.82, 2.24) is 0 Å². The largest absolute Gasteiger partial charge is 0.469 e. The topological polar surface area (TPSA) is 26.3 Å². The molecule has 0 aliphatic carbocycles. The Kier molecular flexibility index (Phi) is 16.5. The molecule has 0 radical (unpaired) electrons. The maximum Gasteiger partial charge on any atom is 0.305 e. The fraction of sp³-hybridized carbons (Fsp3) is 0.842. The van der Waals surface area contributed by atoms with Crippen LogP contribution in [-0.4, -0.2) is 23.8 Å². The quantitative estimate of drug-likeness (QED) is 0.141. The van der Waals surface area contributed by atoms with Crippen molar-refractivity contribution in [3.8, 4) is 0 Å². The third kappa shape index (κ3) is 15.1. The van der Waals surface area contributed by atoms with Crippen LogP contribution in [0.2, 0.25) is 0 Å². The number of hydrogen-bond donors (Lipinski definition) is 0. The number of allylic oxidation sites excluding steroid dienone is 2. The third-order valence-corrected chi connectivity index (χ3v) is 5.12. The predicted molar refractivity (Wildman–Crippen MR) is 102 cm³/mol. The molecule has 0 saturated carbocycles. The molecule has 0 bridgehead atoms. The van der Waals surface area contributed by atoms with Crippen LogP contribution in [0.3, 0.4) is 0 Å². The molecule has 0 saturated heterocycles. The molecule has 0 aliphatic heterocycles. The molecule has 0 unspecified atom stereocenters. The Labute approximate surface area is 153 Å². The van der Waals surface area contributed by atoms with Gasteiger partial charge in [-0.2, -0.15) is 0 Å². The average Bonchev–Trinajstić information content (AvgIpc) is 2.56. The van der Waals surface area contributed by atoms with E-state index in [-0.39, 0.29) is 16.7 Å². The van der Waals surface area contributed by atoms with Crippen LogP contribution in [0.25, 0.3) is 0 Å². The number of esters is 1. The van der Waals surface area contributed by atoms with Gasteiger partial charge in [0.2, 0.25) is 0 Å². The molecule has 0 aromatic carbocycles. The van der Waals surface area contributed by atoms with Gasteiger partial charge in [0.1, 0.15) is 0 Å². The third-order valence-electron chi connectivity index (χ3n) is 3.98. The lowest BCUT2D eigenvalue weighted by Gasteiger charge is -2.14. The zero-order chi connectivity index (χ0) is 17.3. The number of hydrogen-bond acceptors (Lipinski definition) is 2. The summed E-state index contributed by atoms with van der Waals surface area (Å²) in [7, 11) is 1.44. The minimum absolute atomic E-state index is 0.0263. The normalized spacial score (nSPS) is 14.1. The van der Waals surface area contributed by atoms with E-state index in [1.807, 2.05) is 0 Å². The first kappa shape index (κ1) is 22.8. The first-order valence-electron chi connectivity index (χ1n) is 9.11. The smallest absolute Gasteiger partial charge is 0.305 e. The molecule has 0 aliphatic rings. The summed E-state index contributed by atoms with van der Waals surface area (Å²) < 4.78 is 4.62. The van der Waals surface area contributed by atoms with Gasteiger partial charge in [0.25, 0.3) is 0 Å². The van der Waals surface area contributed by atoms with Crippen molar-refractivity contribution in [3.63, 3.8) is 0 Å². The van der Waals surface area contributed by atoms with Crippen molar-refractivity contribution in [2.75, 3.05) is 7.11 Å². The van der Waals surface area contributed by atoms with Gasteiger partial charge in [-0.15, -0.1) is 23.2 Å². The second-order valence-corrected chi connectivity index (χ2v) is 7.24. The van der Waals surface area contributed by atoms with Crippen LogP contribution in [-0.2, 0) is 9.53 Å². The Bertz CT molecular complexity index is 306. The van der Waals surface area contributed by atoms with E-state index in [1.54, 1.807) is 0 Å². The Morgan fingerprint density at radius 2 is 1.65 bits per heavy atom. The Hall–Kier alpha value is -0.210. The monoisotopic (exact) mass is 364 g/mol. The van der Waals surface area contributed by atoms with Gasteiger partial charge in [0.15, 0.2) is 0 Å². The van der Waals surface area contributed by atoms with Crippen molar-refractivity contribution in [1.29, 1.82) is 0 Å². The van der Waals surface area contributed by atoms with E-state index in [0.29, 0.717) is 6.42 Å². The lowest BCUT2D eigenvalue weighted by molar-refractivity contribution is -0.140. The highest BCUT2D eigenvalue weighted by Gasteiger charge is 2.14. The number of carbonyl (C=O) groups is 1. The van der Waals surface area contributed by atoms with E-state index in [9.17, 15) is 4.79 Å². The van der Waals surface area contributed by atoms with E-state index in [2.05, 4.69) is 23.8 Å². The predicted octanol–water partition coefficient (Wildman–Crippen LogP) is 6.63. The van der Waals surface area contributed by atoms with Crippen LogP contribution >= 0.6 is 23.2 Å². The summed E-state index contributed by atoms with van der Waals surface area (Å²) in [4.78, 5) is 11.0. The number of unbranched alkanes of at least 4 members (excludes halogenated alkanes) is 7. The molecule has 0 N–H and O–H groups in total. The maximum absolute atomic E-state index is 11.0. The molecule has 0 rings (SSSR count). The van der Waals surface area contributed by atoms with Crippen LogP contribution in [0.1, 0.15) is 84.0 Å². The summed E-state index contributed by atoms with van der Waals surface area (Å²) in [5, 5.41) is 0.0745. The lowest BCUT2D eigenvalue weighted by atomic mass is 10.1. The summed E-state index contributed by atoms with van der Waals surface area (Å²) in [5.41, 5.74) is 0. The highest BCUT2D eigenvalue weighted by atomic mass is 35.5. The Morgan fingerprint density at radius 1 is 0.957 bits per heavy atom. The summed E-state index contributed by atoms with van der Waals surface area (Å²) in [6.07, 6.45) is 17.1. The van der Waals surface area contributed by atoms with Crippen molar-refractivity contribution >= 4 is 29.2 Å². The summed E-state index contributed by atoms with van der Waals surface area (Å²) in [5.74, 6) is -0.112. The number of halogens is 2. The van der Waals surface area contributed by atoms with Gasteiger partial charge in [-0.05, 0) is 32.1 Å². The molecule has 2 atom stereocenters. The number of rotatable bonds is 15. The molecular formula is C19H34Cl2O2. The van der Waals surface area contributed by atoms with Gasteiger partial charge in [0, 0.05) is 6.42 Å². The van der Waals surface area contributed by atoms with E-state index >= 15 is 0 Å². The molecule has 0 fully saturated rings. The zero-order valence-electron chi connectivity index (χ0n) is 14.9. The standard InChI is InChI=1S/C19H34Cl2O2/c1-3-4-5-6-8-11-14-17(20)18(21)15-12-9-7-10-13-16-19(22)23-2/h8,11,17-18H,3-7,9-10,12-16H2,1-2H3/b11-8-/t17-,18-/m1/s1. The molecule has 0 aromatic heterocycles. The summed E-state index contributed by atoms with van der Waals surface area (Å²) >= 11 is 12.7. The molecule has 0 aromatic rings. The average molecular weight is 365 g/mol. The van der Waals surface area contributed by atoms with Gasteiger partial charge in [-0.1, -0.05) is 57.6 Å². The van der Waals surface area contributed by atoms with Gasteiger partial charge < -0.3 is 4.74 Å². The number of alkyl halides is 2. The zero-order valence-corrected chi connectivity index (χ0v) is 16.4. The molecule has 0 amide bonds. The second-order valence-electron chi connectivity index (χ2n) is 6.12. The van der Waals surface area contributed by atoms with Crippen LogP contribution in [0.5, 0.6) is 0 Å². The van der Waals surface area contributed by atoms with Crippen LogP contribution in [0.15, 0.2) is 12.2 Å². The minimum atomic E-state index is -0.112. The second kappa shape index (κ2) is 16.6. The van der Waals surface area contributed by atoms with E-state index in [4.69, 9.17) is 23.2 Å². The fourth-order valence-electron chi connectivity index (χ4n) is 2.43. The van der Waals surface area contributed by atoms with Crippen molar-refractivity contribution < 1.29 is 9.53 Å². The molecule has 2 nitrogen and oxygen atoms in total. The molecule has 23 heavy (non-hydrogen) atoms. The van der Waals surface area contributed by atoms with E-state index in [0.717, 1.165) is 51.4 Å². The minimum Gasteiger partial charge on any atom is -0.469 e. The number of ether oxygens (including phenoxy) is 1. The highest BCUT2D eigenvalue weighted by molar-refractivity contribution is 6.30. The molecule has 136 valence electrons. The van der Waals surface area contributed by atoms with Crippen LogP contribution in [0.4, 0.5) is 0 Å². The van der Waals surface area contributed by atoms with Gasteiger partial charge >= 0.3 is 5.97 Å². The van der Waals surface area contributed by atoms with Crippen LogP contribution < -0.4 is 0 Å². The van der Waals surface area contributed by atoms with Crippen molar-refractivity contribution in [2.24, 2.45) is 0 Å². The number of carbonyl (C=O) groups excluding carboxylic acids is 1. The van der Waals surface area contributed by atoms with Crippen LogP contribution in [0, 0.1) is 0 Å². The van der Waals surface area contributed by atoms with E-state index < -0.39 is 0 Å². The van der Waals surface area contributed by atoms with Gasteiger partial charge in [0.05, 0.1) is 17.9 Å². The molecule has 4 heteroatoms. The lowest BCUT2D eigenvalue weighted by Crippen LogP contribution is -2.14.